The molecule has 0 aliphatic carbocycles. The van der Waals surface area contributed by atoms with Gasteiger partial charge in [0.1, 0.15) is 0 Å². The van der Waals surface area contributed by atoms with Crippen LogP contribution in [0.4, 0.5) is 32.0 Å². The van der Waals surface area contributed by atoms with Crippen molar-refractivity contribution in [2.75, 3.05) is 5.32 Å². The van der Waals surface area contributed by atoms with Crippen LogP contribution in [0, 0.1) is 0 Å². The number of benzene rings is 2. The molecule has 1 aromatic heterocycles. The molecule has 0 saturated heterocycles. The average molecular weight is 372 g/mol. The standard InChI is InChI=1S/C17H10F6N2O/c18-16(19,20)10-6-9(7-11(8-10)17(21,22)23)15(26)25-14-3-1-2-13-12(14)4-5-24-13/h1-8,24H,(H,25,26). The molecule has 1 heterocycles. The normalized spacial score (nSPS) is 12.4. The van der Waals surface area contributed by atoms with Gasteiger partial charge in [0.15, 0.2) is 0 Å². The number of amides is 1. The van der Waals surface area contributed by atoms with Crippen molar-refractivity contribution < 1.29 is 31.1 Å². The predicted molar refractivity (Wildman–Crippen MR) is 82.7 cm³/mol. The maximum absolute atomic E-state index is 12.9. The quantitative estimate of drug-likeness (QED) is 0.577. The maximum atomic E-state index is 12.9. The van der Waals surface area contributed by atoms with Crippen molar-refractivity contribution in [3.05, 3.63) is 65.4 Å². The number of aromatic amines is 1. The highest BCUT2D eigenvalue weighted by Gasteiger charge is 2.37. The molecule has 1 amide bonds. The highest BCUT2D eigenvalue weighted by Crippen LogP contribution is 2.36. The Labute approximate surface area is 142 Å². The number of H-pyrrole nitrogens is 1. The van der Waals surface area contributed by atoms with Crippen LogP contribution in [-0.2, 0) is 12.4 Å². The van der Waals surface area contributed by atoms with E-state index in [0.29, 0.717) is 23.0 Å². The van der Waals surface area contributed by atoms with Gasteiger partial charge in [0.2, 0.25) is 0 Å². The van der Waals surface area contributed by atoms with Crippen molar-refractivity contribution >= 4 is 22.5 Å². The van der Waals surface area contributed by atoms with Crippen LogP contribution in [0.2, 0.25) is 0 Å². The molecule has 0 unspecified atom stereocenters. The highest BCUT2D eigenvalue weighted by molar-refractivity contribution is 6.09. The third-order valence-corrected chi connectivity index (χ3v) is 3.69. The van der Waals surface area contributed by atoms with Gasteiger partial charge in [-0.3, -0.25) is 4.79 Å². The van der Waals surface area contributed by atoms with Gasteiger partial charge in [0.25, 0.3) is 5.91 Å². The number of halogens is 6. The second-order valence-electron chi connectivity index (χ2n) is 5.49. The summed E-state index contributed by atoms with van der Waals surface area (Å²) >= 11 is 0. The molecular formula is C17H10F6N2O. The summed E-state index contributed by atoms with van der Waals surface area (Å²) in [6, 6.07) is 7.16. The van der Waals surface area contributed by atoms with Gasteiger partial charge in [-0.25, -0.2) is 0 Å². The minimum Gasteiger partial charge on any atom is -0.361 e. The van der Waals surface area contributed by atoms with E-state index >= 15 is 0 Å². The summed E-state index contributed by atoms with van der Waals surface area (Å²) in [5.74, 6) is -1.07. The number of nitrogens with one attached hydrogen (secondary N) is 2. The van der Waals surface area contributed by atoms with Gasteiger partial charge >= 0.3 is 12.4 Å². The van der Waals surface area contributed by atoms with Crippen molar-refractivity contribution in [2.45, 2.75) is 12.4 Å². The Balaban J connectivity index is 2.02. The summed E-state index contributed by atoms with van der Waals surface area (Å²) in [7, 11) is 0. The fourth-order valence-electron chi connectivity index (χ4n) is 2.47. The van der Waals surface area contributed by atoms with Crippen LogP contribution in [0.15, 0.2) is 48.7 Å². The fraction of sp³-hybridized carbons (Fsp3) is 0.118. The lowest BCUT2D eigenvalue weighted by molar-refractivity contribution is -0.143. The van der Waals surface area contributed by atoms with Crippen LogP contribution >= 0.6 is 0 Å². The SMILES string of the molecule is O=C(Nc1cccc2[nH]ccc12)c1cc(C(F)(F)F)cc(C(F)(F)F)c1. The van der Waals surface area contributed by atoms with E-state index in [9.17, 15) is 31.1 Å². The molecule has 0 fully saturated rings. The number of hydrogen-bond acceptors (Lipinski definition) is 1. The van der Waals surface area contributed by atoms with Crippen molar-refractivity contribution in [1.82, 2.24) is 4.98 Å². The van der Waals surface area contributed by atoms with Crippen LogP contribution in [0.1, 0.15) is 21.5 Å². The first-order valence-electron chi connectivity index (χ1n) is 7.22. The van der Waals surface area contributed by atoms with Crippen molar-refractivity contribution in [2.24, 2.45) is 0 Å². The molecular weight excluding hydrogens is 362 g/mol. The van der Waals surface area contributed by atoms with Gasteiger partial charge in [-0.2, -0.15) is 26.3 Å². The molecule has 2 aromatic carbocycles. The van der Waals surface area contributed by atoms with E-state index < -0.39 is 35.0 Å². The van der Waals surface area contributed by atoms with Gasteiger partial charge in [0.05, 0.1) is 16.8 Å². The Kier molecular flexibility index (Phi) is 4.17. The molecule has 0 atom stereocenters. The van der Waals surface area contributed by atoms with Crippen molar-refractivity contribution in [3.8, 4) is 0 Å². The van der Waals surface area contributed by atoms with Crippen LogP contribution in [-0.4, -0.2) is 10.9 Å². The summed E-state index contributed by atoms with van der Waals surface area (Å²) in [5, 5.41) is 2.92. The number of anilines is 1. The number of aromatic nitrogens is 1. The van der Waals surface area contributed by atoms with Gasteiger partial charge < -0.3 is 10.3 Å². The minimum atomic E-state index is -5.02. The van der Waals surface area contributed by atoms with E-state index in [-0.39, 0.29) is 11.8 Å². The Morgan fingerprint density at radius 3 is 2.08 bits per heavy atom. The largest absolute Gasteiger partial charge is 0.416 e. The molecule has 3 rings (SSSR count). The van der Waals surface area contributed by atoms with Gasteiger partial charge in [-0.05, 0) is 36.4 Å². The highest BCUT2D eigenvalue weighted by atomic mass is 19.4. The number of hydrogen-bond donors (Lipinski definition) is 2. The molecule has 0 spiro atoms. The van der Waals surface area contributed by atoms with E-state index in [4.69, 9.17) is 0 Å². The zero-order chi connectivity index (χ0) is 19.1. The molecule has 3 aromatic rings. The Hall–Kier alpha value is -2.97. The minimum absolute atomic E-state index is 0.0242. The van der Waals surface area contributed by atoms with Crippen LogP contribution in [0.5, 0.6) is 0 Å². The average Bonchev–Trinajstić information content (AvgIpc) is 3.02. The van der Waals surface area contributed by atoms with Crippen molar-refractivity contribution in [1.29, 1.82) is 0 Å². The molecule has 26 heavy (non-hydrogen) atoms. The zero-order valence-electron chi connectivity index (χ0n) is 12.8. The molecule has 0 bridgehead atoms. The smallest absolute Gasteiger partial charge is 0.361 e. The number of carbonyl (C=O) groups is 1. The van der Waals surface area contributed by atoms with Gasteiger partial charge in [-0.1, -0.05) is 6.07 Å². The maximum Gasteiger partial charge on any atom is 0.416 e. The van der Waals surface area contributed by atoms with E-state index in [0.717, 1.165) is 0 Å². The van der Waals surface area contributed by atoms with E-state index in [1.54, 1.807) is 24.4 Å². The number of carbonyl (C=O) groups excluding carboxylic acids is 1. The Morgan fingerprint density at radius 1 is 0.885 bits per heavy atom. The summed E-state index contributed by atoms with van der Waals surface area (Å²) in [6.45, 7) is 0. The first-order valence-corrected chi connectivity index (χ1v) is 7.22. The Morgan fingerprint density at radius 2 is 1.50 bits per heavy atom. The van der Waals surface area contributed by atoms with Crippen LogP contribution in [0.3, 0.4) is 0 Å². The summed E-state index contributed by atoms with van der Waals surface area (Å²) in [4.78, 5) is 15.2. The molecule has 3 nitrogen and oxygen atoms in total. The molecule has 0 aliphatic rings. The van der Waals surface area contributed by atoms with Crippen LogP contribution in [0.25, 0.3) is 10.9 Å². The zero-order valence-corrected chi connectivity index (χ0v) is 12.8. The molecule has 0 radical (unpaired) electrons. The topological polar surface area (TPSA) is 44.9 Å². The van der Waals surface area contributed by atoms with E-state index in [1.165, 1.54) is 6.07 Å². The molecule has 2 N–H and O–H groups in total. The third kappa shape index (κ3) is 3.51. The van der Waals surface area contributed by atoms with E-state index in [2.05, 4.69) is 10.3 Å². The van der Waals surface area contributed by atoms with Crippen LogP contribution < -0.4 is 5.32 Å². The second-order valence-corrected chi connectivity index (χ2v) is 5.49. The second kappa shape index (κ2) is 6.08. The number of alkyl halides is 6. The van der Waals surface area contributed by atoms with Crippen molar-refractivity contribution in [3.63, 3.8) is 0 Å². The van der Waals surface area contributed by atoms with E-state index in [1.807, 2.05) is 0 Å². The number of rotatable bonds is 2. The monoisotopic (exact) mass is 372 g/mol. The number of fused-ring (bicyclic) bond motifs is 1. The lowest BCUT2D eigenvalue weighted by atomic mass is 10.0. The lowest BCUT2D eigenvalue weighted by Crippen LogP contribution is -2.17. The molecule has 9 heteroatoms. The lowest BCUT2D eigenvalue weighted by Gasteiger charge is -2.14. The first-order chi connectivity index (χ1) is 12.1. The summed E-state index contributed by atoms with van der Waals surface area (Å²) in [5.41, 5.74) is -2.91. The van der Waals surface area contributed by atoms with Gasteiger partial charge in [0, 0.05) is 22.7 Å². The Bertz CT molecular complexity index is 939. The molecule has 0 saturated carbocycles. The summed E-state index contributed by atoms with van der Waals surface area (Å²) < 4.78 is 77.3. The predicted octanol–water partition coefficient (Wildman–Crippen LogP) is 5.46. The van der Waals surface area contributed by atoms with Gasteiger partial charge in [-0.15, -0.1) is 0 Å². The third-order valence-electron chi connectivity index (χ3n) is 3.69. The first kappa shape index (κ1) is 17.8. The summed E-state index contributed by atoms with van der Waals surface area (Å²) in [6.07, 6.45) is -8.44. The molecule has 0 aliphatic heterocycles. The fourth-order valence-corrected chi connectivity index (χ4v) is 2.47. The molecule has 136 valence electrons.